The van der Waals surface area contributed by atoms with Crippen molar-refractivity contribution in [3.05, 3.63) is 58.1 Å². The van der Waals surface area contributed by atoms with Crippen LogP contribution in [0.3, 0.4) is 0 Å². The summed E-state index contributed by atoms with van der Waals surface area (Å²) in [6.07, 6.45) is 0.640. The number of carboxylic acids is 1. The zero-order valence-electron chi connectivity index (χ0n) is 21.8. The molecule has 208 valence electrons. The van der Waals surface area contributed by atoms with Crippen molar-refractivity contribution in [2.75, 3.05) is 25.9 Å². The van der Waals surface area contributed by atoms with Crippen molar-refractivity contribution in [3.8, 4) is 5.75 Å². The lowest BCUT2D eigenvalue weighted by molar-refractivity contribution is -0.131. The van der Waals surface area contributed by atoms with Crippen LogP contribution >= 0.6 is 11.6 Å². The number of rotatable bonds is 7. The number of amidine groups is 1. The molecule has 1 heterocycles. The van der Waals surface area contributed by atoms with Crippen LogP contribution in [-0.2, 0) is 16.0 Å². The number of nitrogens with zero attached hydrogens (tertiary/aromatic N) is 2. The van der Waals surface area contributed by atoms with Gasteiger partial charge >= 0.3 is 12.0 Å². The molecule has 0 bridgehead atoms. The number of anilines is 1. The number of nitrogen functional groups attached to an aromatic ring is 1. The molecule has 2 atom stereocenters. The second kappa shape index (κ2) is 13.0. The molecule has 0 aliphatic carbocycles. The van der Waals surface area contributed by atoms with Crippen LogP contribution in [-0.4, -0.2) is 59.9 Å². The molecule has 0 unspecified atom stereocenters. The average molecular weight is 559 g/mol. The Hall–Kier alpha value is -4.32. The number of halogens is 1. The Morgan fingerprint density at radius 1 is 1.26 bits per heavy atom. The molecule has 4 amide bonds. The molecule has 0 spiro atoms. The van der Waals surface area contributed by atoms with Crippen molar-refractivity contribution in [2.45, 2.75) is 32.7 Å². The van der Waals surface area contributed by atoms with Crippen molar-refractivity contribution >= 4 is 46.9 Å². The largest absolute Gasteiger partial charge is 0.496 e. The molecule has 2 aromatic carbocycles. The van der Waals surface area contributed by atoms with E-state index >= 15 is 0 Å². The van der Waals surface area contributed by atoms with Crippen LogP contribution in [0.25, 0.3) is 0 Å². The minimum absolute atomic E-state index is 0.0462. The van der Waals surface area contributed by atoms with Crippen LogP contribution in [0.5, 0.6) is 5.75 Å². The number of amides is 4. The molecule has 0 saturated heterocycles. The fourth-order valence-electron chi connectivity index (χ4n) is 4.17. The van der Waals surface area contributed by atoms with E-state index in [1.165, 1.54) is 26.2 Å². The van der Waals surface area contributed by atoms with E-state index in [2.05, 4.69) is 21.2 Å². The number of hydrazine groups is 1. The first kappa shape index (κ1) is 29.2. The first-order chi connectivity index (χ1) is 18.5. The number of ether oxygens (including phenoxy) is 1. The topological polar surface area (TPSA) is 175 Å². The van der Waals surface area contributed by atoms with Gasteiger partial charge in [-0.05, 0) is 54.3 Å². The molecule has 6 N–H and O–H groups in total. The summed E-state index contributed by atoms with van der Waals surface area (Å²) in [6, 6.07) is 8.25. The maximum Gasteiger partial charge on any atom is 0.337 e. The summed E-state index contributed by atoms with van der Waals surface area (Å²) >= 11 is 6.17. The molecule has 1 aliphatic heterocycles. The van der Waals surface area contributed by atoms with E-state index in [9.17, 15) is 24.3 Å². The van der Waals surface area contributed by atoms with Gasteiger partial charge in [-0.2, -0.15) is 0 Å². The molecule has 12 nitrogen and oxygen atoms in total. The van der Waals surface area contributed by atoms with Gasteiger partial charge in [0.2, 0.25) is 11.8 Å². The number of aliphatic imine (C=N–C) groups is 1. The molecule has 39 heavy (non-hydrogen) atoms. The fraction of sp³-hybridized carbons (Fsp3) is 0.346. The molecule has 13 heteroatoms. The van der Waals surface area contributed by atoms with Crippen LogP contribution in [0.1, 0.15) is 47.8 Å². The Morgan fingerprint density at radius 2 is 2.00 bits per heavy atom. The van der Waals surface area contributed by atoms with Crippen molar-refractivity contribution in [3.63, 3.8) is 0 Å². The Bertz CT molecular complexity index is 1300. The third kappa shape index (κ3) is 7.38. The smallest absolute Gasteiger partial charge is 0.337 e. The molecule has 0 aromatic heterocycles. The van der Waals surface area contributed by atoms with Crippen LogP contribution in [0, 0.1) is 5.92 Å². The Labute approximate surface area is 230 Å². The number of hydrogen-bond donors (Lipinski definition) is 5. The highest BCUT2D eigenvalue weighted by atomic mass is 35.5. The van der Waals surface area contributed by atoms with Gasteiger partial charge in [0.15, 0.2) is 0 Å². The Kier molecular flexibility index (Phi) is 9.72. The number of aromatic carboxylic acids is 1. The van der Waals surface area contributed by atoms with Crippen molar-refractivity contribution in [1.29, 1.82) is 0 Å². The minimum Gasteiger partial charge on any atom is -0.496 e. The van der Waals surface area contributed by atoms with Crippen molar-refractivity contribution < 1.29 is 29.0 Å². The normalized spacial score (nSPS) is 16.0. The van der Waals surface area contributed by atoms with Gasteiger partial charge in [-0.3, -0.25) is 30.3 Å². The predicted molar refractivity (Wildman–Crippen MR) is 146 cm³/mol. The van der Waals surface area contributed by atoms with Gasteiger partial charge in [-0.15, -0.1) is 0 Å². The zero-order chi connectivity index (χ0) is 28.7. The van der Waals surface area contributed by atoms with Gasteiger partial charge in [0, 0.05) is 17.6 Å². The monoisotopic (exact) mass is 558 g/mol. The SMILES string of the molecule is CC[C@@H](NC(=O)N1CC(NNC(C)=O)=NC[C@H](Cc2cc(Cl)ccc2OC)C1=O)c1ccc(C(=O)O)c(N)c1. The number of benzene rings is 2. The minimum atomic E-state index is -1.16. The van der Waals surface area contributed by atoms with E-state index in [1.807, 2.05) is 6.92 Å². The van der Waals surface area contributed by atoms with Crippen molar-refractivity contribution in [1.82, 2.24) is 21.1 Å². The number of urea groups is 1. The molecular formula is C26H31ClN6O6. The molecule has 1 aliphatic rings. The number of carbonyl (C=O) groups is 4. The lowest BCUT2D eigenvalue weighted by atomic mass is 9.97. The summed E-state index contributed by atoms with van der Waals surface area (Å²) in [7, 11) is 1.51. The lowest BCUT2D eigenvalue weighted by Gasteiger charge is -2.27. The summed E-state index contributed by atoms with van der Waals surface area (Å²) in [6.45, 7) is 2.96. The van der Waals surface area contributed by atoms with E-state index in [1.54, 1.807) is 24.3 Å². The number of imide groups is 1. The Balaban J connectivity index is 1.88. The second-order valence-electron chi connectivity index (χ2n) is 8.94. The summed E-state index contributed by atoms with van der Waals surface area (Å²) in [5, 5.41) is 12.6. The standard InChI is InChI=1S/C26H31ClN6O6/c1-4-21(15-5-7-19(25(36)37)20(28)11-15)30-26(38)33-13-23(32-31-14(2)34)29-12-17(24(33)35)9-16-10-18(27)6-8-22(16)39-3/h5-8,10-11,17,21H,4,9,12-13,28H2,1-3H3,(H,29,32)(H,30,38)(H,31,34)(H,36,37)/t17-,21+/m0/s1. The van der Waals surface area contributed by atoms with Gasteiger partial charge in [0.25, 0.3) is 0 Å². The number of methoxy groups -OCH3 is 1. The van der Waals surface area contributed by atoms with Crippen LogP contribution in [0.2, 0.25) is 5.02 Å². The maximum absolute atomic E-state index is 13.7. The summed E-state index contributed by atoms with van der Waals surface area (Å²) in [4.78, 5) is 55.3. The third-order valence-corrected chi connectivity index (χ3v) is 6.41. The highest BCUT2D eigenvalue weighted by molar-refractivity contribution is 6.30. The number of hydrogen-bond acceptors (Lipinski definition) is 8. The summed E-state index contributed by atoms with van der Waals surface area (Å²) in [5.74, 6) is -1.98. The van der Waals surface area contributed by atoms with Crippen LogP contribution < -0.4 is 26.6 Å². The van der Waals surface area contributed by atoms with E-state index in [0.29, 0.717) is 28.3 Å². The number of nitrogens with one attached hydrogen (secondary N) is 3. The maximum atomic E-state index is 13.7. The quantitative estimate of drug-likeness (QED) is 0.254. The average Bonchev–Trinajstić information content (AvgIpc) is 3.04. The van der Waals surface area contributed by atoms with Gasteiger partial charge < -0.3 is 20.9 Å². The van der Waals surface area contributed by atoms with Gasteiger partial charge in [-0.1, -0.05) is 24.6 Å². The lowest BCUT2D eigenvalue weighted by Crippen LogP contribution is -2.52. The Morgan fingerprint density at radius 3 is 2.62 bits per heavy atom. The first-order valence-corrected chi connectivity index (χ1v) is 12.5. The predicted octanol–water partition coefficient (Wildman–Crippen LogP) is 2.53. The molecule has 3 rings (SSSR count). The highest BCUT2D eigenvalue weighted by Gasteiger charge is 2.34. The van der Waals surface area contributed by atoms with E-state index in [0.717, 1.165) is 4.90 Å². The van der Waals surface area contributed by atoms with Gasteiger partial charge in [0.05, 0.1) is 37.7 Å². The highest BCUT2D eigenvalue weighted by Crippen LogP contribution is 2.27. The summed E-state index contributed by atoms with van der Waals surface area (Å²) in [5.41, 5.74) is 12.3. The number of carbonyl (C=O) groups excluding carboxylic acids is 3. The molecule has 0 fully saturated rings. The zero-order valence-corrected chi connectivity index (χ0v) is 22.5. The van der Waals surface area contributed by atoms with Crippen LogP contribution in [0.15, 0.2) is 41.4 Å². The first-order valence-electron chi connectivity index (χ1n) is 12.2. The van der Waals surface area contributed by atoms with Gasteiger partial charge in [0.1, 0.15) is 11.6 Å². The third-order valence-electron chi connectivity index (χ3n) is 6.18. The number of nitrogens with two attached hydrogens (primary N) is 1. The molecule has 0 saturated carbocycles. The second-order valence-corrected chi connectivity index (χ2v) is 9.37. The van der Waals surface area contributed by atoms with E-state index < -0.39 is 29.9 Å². The van der Waals surface area contributed by atoms with E-state index in [4.69, 9.17) is 22.1 Å². The summed E-state index contributed by atoms with van der Waals surface area (Å²) < 4.78 is 5.41. The molecule has 0 radical (unpaired) electrons. The molecule has 2 aromatic rings. The van der Waals surface area contributed by atoms with Crippen molar-refractivity contribution in [2.24, 2.45) is 10.9 Å². The fourth-order valence-corrected chi connectivity index (χ4v) is 4.37. The van der Waals surface area contributed by atoms with Gasteiger partial charge in [-0.25, -0.2) is 9.59 Å². The number of carboxylic acid groups (broad SMARTS) is 1. The van der Waals surface area contributed by atoms with Crippen LogP contribution in [0.4, 0.5) is 10.5 Å². The molecular weight excluding hydrogens is 528 g/mol. The van der Waals surface area contributed by atoms with E-state index in [-0.39, 0.29) is 42.5 Å².